The van der Waals surface area contributed by atoms with Gasteiger partial charge < -0.3 is 9.52 Å². The second kappa shape index (κ2) is 6.68. The van der Waals surface area contributed by atoms with Gasteiger partial charge in [-0.2, -0.15) is 0 Å². The number of nitrogens with zero attached hydrogens (tertiary/aromatic N) is 3. The number of carboxylic acid groups (broad SMARTS) is 1. The molecule has 2 aromatic carbocycles. The largest absolute Gasteiger partial charge is 0.481 e. The van der Waals surface area contributed by atoms with Crippen molar-refractivity contribution in [2.45, 2.75) is 19.8 Å². The summed E-state index contributed by atoms with van der Waals surface area (Å²) in [5.74, 6) is -0.515. The van der Waals surface area contributed by atoms with Crippen molar-refractivity contribution in [3.8, 4) is 11.1 Å². The highest BCUT2D eigenvalue weighted by molar-refractivity contribution is 7.18. The molecule has 4 rings (SSSR count). The number of fused-ring (bicyclic) bond motifs is 1. The summed E-state index contributed by atoms with van der Waals surface area (Å²) >= 11 is 1.57. The molecule has 1 N–H and O–H groups in total. The van der Waals surface area contributed by atoms with Gasteiger partial charge in [0.1, 0.15) is 11.4 Å². The van der Waals surface area contributed by atoms with Gasteiger partial charge in [0.15, 0.2) is 0 Å². The first-order valence-corrected chi connectivity index (χ1v) is 8.88. The normalized spacial score (nSPS) is 11.1. The third kappa shape index (κ3) is 3.48. The van der Waals surface area contributed by atoms with Crippen molar-refractivity contribution in [2.75, 3.05) is 0 Å². The van der Waals surface area contributed by atoms with E-state index in [1.54, 1.807) is 11.3 Å². The predicted molar refractivity (Wildman–Crippen MR) is 98.2 cm³/mol. The third-order valence-corrected chi connectivity index (χ3v) is 4.92. The summed E-state index contributed by atoms with van der Waals surface area (Å²) < 4.78 is 6.45. The standard InChI is InChI=1S/C19H15N3O3S/c1-11-3-2-4-12(7-11)13-5-6-14-15(8-13)26-18(20-14)9-16-21-22-17(25-16)10-19(23)24/h2-8H,9-10H2,1H3,(H,23,24). The smallest absolute Gasteiger partial charge is 0.312 e. The van der Waals surface area contributed by atoms with Crippen LogP contribution in [0.3, 0.4) is 0 Å². The van der Waals surface area contributed by atoms with Gasteiger partial charge in [0.25, 0.3) is 0 Å². The minimum absolute atomic E-state index is 0.107. The molecule has 0 amide bonds. The Bertz CT molecular complexity index is 1100. The lowest BCUT2D eigenvalue weighted by Crippen LogP contribution is -1.99. The van der Waals surface area contributed by atoms with Gasteiger partial charge in [0, 0.05) is 0 Å². The van der Waals surface area contributed by atoms with Gasteiger partial charge in [0.05, 0.1) is 16.6 Å². The first-order chi connectivity index (χ1) is 12.6. The molecule has 6 nitrogen and oxygen atoms in total. The summed E-state index contributed by atoms with van der Waals surface area (Å²) in [7, 11) is 0. The van der Waals surface area contributed by atoms with Gasteiger partial charge >= 0.3 is 5.97 Å². The number of carbonyl (C=O) groups is 1. The molecule has 0 saturated heterocycles. The minimum Gasteiger partial charge on any atom is -0.481 e. The average molecular weight is 365 g/mol. The lowest BCUT2D eigenvalue weighted by Gasteiger charge is -2.02. The molecule has 2 heterocycles. The summed E-state index contributed by atoms with van der Waals surface area (Å²) in [6.45, 7) is 2.08. The van der Waals surface area contributed by atoms with Crippen LogP contribution in [0.15, 0.2) is 46.9 Å². The van der Waals surface area contributed by atoms with Crippen molar-refractivity contribution in [3.63, 3.8) is 0 Å². The fourth-order valence-corrected chi connectivity index (χ4v) is 3.74. The number of thiazole rings is 1. The molecule has 2 aromatic heterocycles. The quantitative estimate of drug-likeness (QED) is 0.577. The molecule has 0 aliphatic carbocycles. The Balaban J connectivity index is 1.59. The van der Waals surface area contributed by atoms with E-state index in [0.717, 1.165) is 20.8 Å². The van der Waals surface area contributed by atoms with Crippen LogP contribution >= 0.6 is 11.3 Å². The highest BCUT2D eigenvalue weighted by Crippen LogP contribution is 2.29. The number of benzene rings is 2. The van der Waals surface area contributed by atoms with E-state index in [0.29, 0.717) is 12.3 Å². The van der Waals surface area contributed by atoms with E-state index in [1.807, 2.05) is 6.07 Å². The Morgan fingerprint density at radius 3 is 2.73 bits per heavy atom. The summed E-state index contributed by atoms with van der Waals surface area (Å²) in [5, 5.41) is 17.3. The summed E-state index contributed by atoms with van der Waals surface area (Å²) in [6, 6.07) is 14.6. The Labute approximate surface area is 153 Å². The molecule has 0 aliphatic rings. The average Bonchev–Trinajstić information content (AvgIpc) is 3.20. The Kier molecular flexibility index (Phi) is 4.22. The number of aryl methyl sites for hydroxylation is 1. The minimum atomic E-state index is -0.996. The summed E-state index contributed by atoms with van der Waals surface area (Å²) in [6.07, 6.45) is 0.123. The van der Waals surface area contributed by atoms with E-state index in [1.165, 1.54) is 11.1 Å². The fraction of sp³-hybridized carbons (Fsp3) is 0.158. The van der Waals surface area contributed by atoms with Crippen LogP contribution in [0.25, 0.3) is 21.3 Å². The molecule has 0 saturated carbocycles. The van der Waals surface area contributed by atoms with Crippen molar-refractivity contribution in [1.29, 1.82) is 0 Å². The van der Waals surface area contributed by atoms with Crippen LogP contribution in [0.5, 0.6) is 0 Å². The molecule has 4 aromatic rings. The van der Waals surface area contributed by atoms with E-state index < -0.39 is 5.97 Å². The van der Waals surface area contributed by atoms with E-state index in [-0.39, 0.29) is 12.3 Å². The number of hydrogen-bond acceptors (Lipinski definition) is 6. The number of aromatic nitrogens is 3. The summed E-state index contributed by atoms with van der Waals surface area (Å²) in [5.41, 5.74) is 4.47. The van der Waals surface area contributed by atoms with Crippen LogP contribution in [0.4, 0.5) is 0 Å². The highest BCUT2D eigenvalue weighted by Gasteiger charge is 2.13. The number of aliphatic carboxylic acids is 1. The van der Waals surface area contributed by atoms with Crippen molar-refractivity contribution in [3.05, 3.63) is 64.8 Å². The van der Waals surface area contributed by atoms with E-state index >= 15 is 0 Å². The molecule has 0 atom stereocenters. The molecule has 0 radical (unpaired) electrons. The van der Waals surface area contributed by atoms with Crippen LogP contribution in [-0.4, -0.2) is 26.3 Å². The van der Waals surface area contributed by atoms with Crippen LogP contribution in [0.2, 0.25) is 0 Å². The maximum Gasteiger partial charge on any atom is 0.312 e. The van der Waals surface area contributed by atoms with Crippen LogP contribution in [0.1, 0.15) is 22.4 Å². The topological polar surface area (TPSA) is 89.1 Å². The third-order valence-electron chi connectivity index (χ3n) is 3.90. The molecule has 26 heavy (non-hydrogen) atoms. The number of carboxylic acids is 1. The zero-order valence-electron chi connectivity index (χ0n) is 14.0. The molecular weight excluding hydrogens is 350 g/mol. The maximum atomic E-state index is 10.7. The second-order valence-corrected chi connectivity index (χ2v) is 7.11. The van der Waals surface area contributed by atoms with E-state index in [2.05, 4.69) is 58.5 Å². The lowest BCUT2D eigenvalue weighted by molar-refractivity contribution is -0.136. The molecule has 0 spiro atoms. The van der Waals surface area contributed by atoms with Gasteiger partial charge in [-0.1, -0.05) is 35.9 Å². The molecule has 0 aliphatic heterocycles. The zero-order chi connectivity index (χ0) is 18.1. The van der Waals surface area contributed by atoms with Gasteiger partial charge in [-0.25, -0.2) is 4.98 Å². The van der Waals surface area contributed by atoms with Crippen LogP contribution in [-0.2, 0) is 17.6 Å². The monoisotopic (exact) mass is 365 g/mol. The highest BCUT2D eigenvalue weighted by atomic mass is 32.1. The predicted octanol–water partition coefficient (Wildman–Crippen LogP) is 3.87. The lowest BCUT2D eigenvalue weighted by atomic mass is 10.0. The number of hydrogen-bond donors (Lipinski definition) is 1. The molecule has 0 unspecified atom stereocenters. The maximum absolute atomic E-state index is 10.7. The Morgan fingerprint density at radius 2 is 1.92 bits per heavy atom. The van der Waals surface area contributed by atoms with E-state index in [9.17, 15) is 4.79 Å². The molecule has 0 bridgehead atoms. The van der Waals surface area contributed by atoms with Crippen molar-refractivity contribution in [1.82, 2.24) is 15.2 Å². The Morgan fingerprint density at radius 1 is 1.12 bits per heavy atom. The van der Waals surface area contributed by atoms with Gasteiger partial charge in [-0.05, 0) is 30.2 Å². The van der Waals surface area contributed by atoms with Gasteiger partial charge in [0.2, 0.25) is 11.8 Å². The van der Waals surface area contributed by atoms with Gasteiger partial charge in [-0.15, -0.1) is 21.5 Å². The van der Waals surface area contributed by atoms with E-state index in [4.69, 9.17) is 9.52 Å². The van der Waals surface area contributed by atoms with Gasteiger partial charge in [-0.3, -0.25) is 4.79 Å². The SMILES string of the molecule is Cc1cccc(-c2ccc3nc(Cc4nnc(CC(=O)O)o4)sc3c2)c1. The second-order valence-electron chi connectivity index (χ2n) is 6.00. The van der Waals surface area contributed by atoms with Crippen LogP contribution in [0, 0.1) is 6.92 Å². The summed E-state index contributed by atoms with van der Waals surface area (Å²) in [4.78, 5) is 15.3. The van der Waals surface area contributed by atoms with Crippen molar-refractivity contribution < 1.29 is 14.3 Å². The van der Waals surface area contributed by atoms with Crippen LogP contribution < -0.4 is 0 Å². The van der Waals surface area contributed by atoms with Crippen molar-refractivity contribution >= 4 is 27.5 Å². The molecule has 130 valence electrons. The fourth-order valence-electron chi connectivity index (χ4n) is 2.74. The first kappa shape index (κ1) is 16.4. The molecular formula is C19H15N3O3S. The zero-order valence-corrected chi connectivity index (χ0v) is 14.8. The first-order valence-electron chi connectivity index (χ1n) is 8.06. The molecule has 0 fully saturated rings. The van der Waals surface area contributed by atoms with Crippen molar-refractivity contribution in [2.24, 2.45) is 0 Å². The molecule has 7 heteroatoms. The number of rotatable bonds is 5. The Hall–Kier alpha value is -3.06.